The SMILES string of the molecule is CCCCCNC(=O)c1ccnc(Nc2ccc(C)c(Cl)c2)n1. The van der Waals surface area contributed by atoms with Crippen LogP contribution in [0.2, 0.25) is 5.02 Å². The van der Waals surface area contributed by atoms with Crippen LogP contribution in [0.3, 0.4) is 0 Å². The summed E-state index contributed by atoms with van der Waals surface area (Å²) in [7, 11) is 0. The number of nitrogens with one attached hydrogen (secondary N) is 2. The smallest absolute Gasteiger partial charge is 0.270 e. The largest absolute Gasteiger partial charge is 0.351 e. The molecule has 0 fully saturated rings. The molecule has 2 aromatic rings. The van der Waals surface area contributed by atoms with Gasteiger partial charge in [-0.25, -0.2) is 9.97 Å². The summed E-state index contributed by atoms with van der Waals surface area (Å²) in [6.45, 7) is 4.72. The lowest BCUT2D eigenvalue weighted by Crippen LogP contribution is -2.25. The van der Waals surface area contributed by atoms with E-state index in [1.807, 2.05) is 19.1 Å². The molecule has 6 heteroatoms. The molecule has 0 aliphatic heterocycles. The highest BCUT2D eigenvalue weighted by Gasteiger charge is 2.08. The van der Waals surface area contributed by atoms with E-state index in [2.05, 4.69) is 27.5 Å². The van der Waals surface area contributed by atoms with Crippen LogP contribution in [0, 0.1) is 6.92 Å². The first kappa shape index (κ1) is 17.2. The number of aromatic nitrogens is 2. The Morgan fingerprint density at radius 3 is 2.83 bits per heavy atom. The Bertz CT molecular complexity index is 675. The van der Waals surface area contributed by atoms with Gasteiger partial charge in [0.25, 0.3) is 5.91 Å². The van der Waals surface area contributed by atoms with E-state index in [1.165, 1.54) is 0 Å². The van der Waals surface area contributed by atoms with Gasteiger partial charge >= 0.3 is 0 Å². The van der Waals surface area contributed by atoms with Crippen molar-refractivity contribution in [1.82, 2.24) is 15.3 Å². The zero-order chi connectivity index (χ0) is 16.7. The van der Waals surface area contributed by atoms with E-state index in [-0.39, 0.29) is 5.91 Å². The second-order valence-electron chi connectivity index (χ2n) is 5.32. The lowest BCUT2D eigenvalue weighted by atomic mass is 10.2. The molecule has 122 valence electrons. The van der Waals surface area contributed by atoms with E-state index in [9.17, 15) is 4.79 Å². The summed E-state index contributed by atoms with van der Waals surface area (Å²) in [4.78, 5) is 20.4. The van der Waals surface area contributed by atoms with Crippen LogP contribution in [0.25, 0.3) is 0 Å². The summed E-state index contributed by atoms with van der Waals surface area (Å²) < 4.78 is 0. The van der Waals surface area contributed by atoms with Gasteiger partial charge in [0, 0.05) is 23.5 Å². The first-order valence-corrected chi connectivity index (χ1v) is 8.12. The van der Waals surface area contributed by atoms with Gasteiger partial charge in [0.2, 0.25) is 5.95 Å². The van der Waals surface area contributed by atoms with Gasteiger partial charge in [0.05, 0.1) is 0 Å². The number of carbonyl (C=O) groups excluding carboxylic acids is 1. The van der Waals surface area contributed by atoms with Gasteiger partial charge in [-0.1, -0.05) is 37.4 Å². The average Bonchev–Trinajstić information content (AvgIpc) is 2.55. The summed E-state index contributed by atoms with van der Waals surface area (Å²) in [5.74, 6) is 0.180. The number of anilines is 2. The molecular weight excluding hydrogens is 312 g/mol. The Labute approximate surface area is 141 Å². The van der Waals surface area contributed by atoms with E-state index in [4.69, 9.17) is 11.6 Å². The molecule has 2 rings (SSSR count). The van der Waals surface area contributed by atoms with Gasteiger partial charge in [0.15, 0.2) is 0 Å². The van der Waals surface area contributed by atoms with Crippen LogP contribution in [0.1, 0.15) is 42.2 Å². The molecule has 0 radical (unpaired) electrons. The van der Waals surface area contributed by atoms with Gasteiger partial charge in [0.1, 0.15) is 5.69 Å². The molecule has 1 aromatic heterocycles. The molecule has 1 heterocycles. The Hall–Kier alpha value is -2.14. The molecule has 0 bridgehead atoms. The fraction of sp³-hybridized carbons (Fsp3) is 0.353. The molecule has 0 unspecified atom stereocenters. The van der Waals surface area contributed by atoms with Gasteiger partial charge in [-0.3, -0.25) is 4.79 Å². The van der Waals surface area contributed by atoms with Crippen molar-refractivity contribution in [3.8, 4) is 0 Å². The third-order valence-electron chi connectivity index (χ3n) is 3.38. The number of hydrogen-bond acceptors (Lipinski definition) is 4. The number of amides is 1. The molecule has 1 amide bonds. The van der Waals surface area contributed by atoms with Crippen LogP contribution in [-0.2, 0) is 0 Å². The number of rotatable bonds is 7. The number of aryl methyl sites for hydroxylation is 1. The van der Waals surface area contributed by atoms with Crippen molar-refractivity contribution in [3.63, 3.8) is 0 Å². The summed E-state index contributed by atoms with van der Waals surface area (Å²) in [6, 6.07) is 7.21. The van der Waals surface area contributed by atoms with Crippen molar-refractivity contribution in [2.75, 3.05) is 11.9 Å². The van der Waals surface area contributed by atoms with Crippen molar-refractivity contribution in [3.05, 3.63) is 46.7 Å². The quantitative estimate of drug-likeness (QED) is 0.749. The Balaban J connectivity index is 2.01. The molecule has 5 nitrogen and oxygen atoms in total. The van der Waals surface area contributed by atoms with Gasteiger partial charge in [-0.2, -0.15) is 0 Å². The normalized spacial score (nSPS) is 10.4. The third-order valence-corrected chi connectivity index (χ3v) is 3.79. The number of unbranched alkanes of at least 4 members (excludes halogenated alkanes) is 2. The first-order chi connectivity index (χ1) is 11.1. The zero-order valence-corrected chi connectivity index (χ0v) is 14.2. The molecule has 1 aromatic carbocycles. The summed E-state index contributed by atoms with van der Waals surface area (Å²) in [6.07, 6.45) is 4.76. The minimum Gasteiger partial charge on any atom is -0.351 e. The Morgan fingerprint density at radius 1 is 1.26 bits per heavy atom. The number of carbonyl (C=O) groups is 1. The van der Waals surface area contributed by atoms with Crippen LogP contribution >= 0.6 is 11.6 Å². The second-order valence-corrected chi connectivity index (χ2v) is 5.72. The lowest BCUT2D eigenvalue weighted by Gasteiger charge is -2.08. The highest BCUT2D eigenvalue weighted by Crippen LogP contribution is 2.21. The van der Waals surface area contributed by atoms with Crippen LogP contribution in [0.15, 0.2) is 30.5 Å². The van der Waals surface area contributed by atoms with Crippen molar-refractivity contribution < 1.29 is 4.79 Å². The highest BCUT2D eigenvalue weighted by molar-refractivity contribution is 6.31. The van der Waals surface area contributed by atoms with E-state index < -0.39 is 0 Å². The van der Waals surface area contributed by atoms with E-state index in [0.717, 1.165) is 30.5 Å². The maximum Gasteiger partial charge on any atom is 0.270 e. The van der Waals surface area contributed by atoms with Crippen LogP contribution < -0.4 is 10.6 Å². The van der Waals surface area contributed by atoms with Gasteiger partial charge in [-0.15, -0.1) is 0 Å². The summed E-state index contributed by atoms with van der Waals surface area (Å²) in [5.41, 5.74) is 2.12. The first-order valence-electron chi connectivity index (χ1n) is 7.74. The molecule has 23 heavy (non-hydrogen) atoms. The molecule has 0 spiro atoms. The van der Waals surface area contributed by atoms with Gasteiger partial charge < -0.3 is 10.6 Å². The Kier molecular flexibility index (Phi) is 6.35. The monoisotopic (exact) mass is 332 g/mol. The molecule has 0 aliphatic carbocycles. The fourth-order valence-corrected chi connectivity index (χ4v) is 2.19. The van der Waals surface area contributed by atoms with E-state index >= 15 is 0 Å². The standard InChI is InChI=1S/C17H21ClN4O/c1-3-4-5-9-19-16(23)15-8-10-20-17(22-15)21-13-7-6-12(2)14(18)11-13/h6-8,10-11H,3-5,9H2,1-2H3,(H,19,23)(H,20,21,22). The molecular formula is C17H21ClN4O. The zero-order valence-electron chi connectivity index (χ0n) is 13.4. The molecule has 0 saturated heterocycles. The van der Waals surface area contributed by atoms with Crippen molar-refractivity contribution in [1.29, 1.82) is 0 Å². The van der Waals surface area contributed by atoms with Crippen LogP contribution in [0.4, 0.5) is 11.6 Å². The molecule has 0 atom stereocenters. The second kappa shape index (κ2) is 8.48. The predicted molar refractivity (Wildman–Crippen MR) is 93.4 cm³/mol. The van der Waals surface area contributed by atoms with E-state index in [1.54, 1.807) is 18.3 Å². The summed E-state index contributed by atoms with van der Waals surface area (Å²) in [5, 5.41) is 6.59. The molecule has 0 aliphatic rings. The average molecular weight is 333 g/mol. The van der Waals surface area contributed by atoms with Gasteiger partial charge in [-0.05, 0) is 37.1 Å². The maximum absolute atomic E-state index is 12.1. The fourth-order valence-electron chi connectivity index (χ4n) is 2.01. The highest BCUT2D eigenvalue weighted by atomic mass is 35.5. The number of hydrogen-bond donors (Lipinski definition) is 2. The number of nitrogens with zero attached hydrogens (tertiary/aromatic N) is 2. The minimum atomic E-state index is -0.187. The molecule has 2 N–H and O–H groups in total. The number of benzene rings is 1. The number of halogens is 1. The van der Waals surface area contributed by atoms with Crippen molar-refractivity contribution >= 4 is 29.1 Å². The maximum atomic E-state index is 12.1. The third kappa shape index (κ3) is 5.21. The minimum absolute atomic E-state index is 0.187. The molecule has 0 saturated carbocycles. The van der Waals surface area contributed by atoms with Crippen LogP contribution in [-0.4, -0.2) is 22.4 Å². The predicted octanol–water partition coefficient (Wildman–Crippen LogP) is 4.10. The van der Waals surface area contributed by atoms with Crippen molar-refractivity contribution in [2.45, 2.75) is 33.1 Å². The summed E-state index contributed by atoms with van der Waals surface area (Å²) >= 11 is 6.10. The van der Waals surface area contributed by atoms with E-state index in [0.29, 0.717) is 23.2 Å². The topological polar surface area (TPSA) is 66.9 Å². The van der Waals surface area contributed by atoms with Crippen molar-refractivity contribution in [2.24, 2.45) is 0 Å². The Morgan fingerprint density at radius 2 is 2.09 bits per heavy atom. The lowest BCUT2D eigenvalue weighted by molar-refractivity contribution is 0.0948. The van der Waals surface area contributed by atoms with Crippen LogP contribution in [0.5, 0.6) is 0 Å².